The first-order valence-electron chi connectivity index (χ1n) is 13.6. The minimum absolute atomic E-state index is 0.142. The summed E-state index contributed by atoms with van der Waals surface area (Å²) in [5.74, 6) is -3.29. The van der Waals surface area contributed by atoms with E-state index in [2.05, 4.69) is 5.32 Å². The highest BCUT2D eigenvalue weighted by Crippen LogP contribution is 2.24. The average molecular weight is 567 g/mol. The number of hydrogen-bond acceptors (Lipinski definition) is 7. The van der Waals surface area contributed by atoms with Gasteiger partial charge in [0.1, 0.15) is 17.7 Å². The number of imide groups is 1. The van der Waals surface area contributed by atoms with E-state index in [1.165, 1.54) is 4.90 Å². The fourth-order valence-electron chi connectivity index (χ4n) is 4.65. The van der Waals surface area contributed by atoms with Crippen molar-refractivity contribution >= 4 is 29.8 Å². The number of ether oxygens (including phenoxy) is 1. The number of nitrogens with one attached hydrogen (secondary N) is 1. The number of carboxylic acids is 1. The number of amides is 4. The van der Waals surface area contributed by atoms with E-state index in [0.29, 0.717) is 16.9 Å². The predicted octanol–water partition coefficient (Wildman–Crippen LogP) is 2.12. The maximum absolute atomic E-state index is 13.8. The third kappa shape index (κ3) is 8.87. The lowest BCUT2D eigenvalue weighted by Crippen LogP contribution is -2.58. The van der Waals surface area contributed by atoms with Crippen LogP contribution in [0.25, 0.3) is 0 Å². The summed E-state index contributed by atoms with van der Waals surface area (Å²) in [6, 6.07) is 14.3. The molecule has 4 amide bonds. The van der Waals surface area contributed by atoms with E-state index >= 15 is 0 Å². The van der Waals surface area contributed by atoms with Gasteiger partial charge in [0.15, 0.2) is 0 Å². The minimum atomic E-state index is -1.56. The van der Waals surface area contributed by atoms with Gasteiger partial charge in [-0.1, -0.05) is 60.7 Å². The first-order chi connectivity index (χ1) is 19.4. The van der Waals surface area contributed by atoms with Crippen LogP contribution in [0.2, 0.25) is 0 Å². The monoisotopic (exact) mass is 566 g/mol. The van der Waals surface area contributed by atoms with Crippen LogP contribution in [-0.2, 0) is 36.8 Å². The van der Waals surface area contributed by atoms with Gasteiger partial charge in [0.2, 0.25) is 11.8 Å². The Morgan fingerprint density at radius 2 is 1.56 bits per heavy atom. The van der Waals surface area contributed by atoms with Crippen LogP contribution >= 0.6 is 0 Å². The Balaban J connectivity index is 1.75. The van der Waals surface area contributed by atoms with Crippen molar-refractivity contribution in [2.75, 3.05) is 13.1 Å². The molecule has 1 fully saturated rings. The molecule has 0 radical (unpaired) electrons. The molecule has 41 heavy (non-hydrogen) atoms. The third-order valence-corrected chi connectivity index (χ3v) is 6.60. The topological polar surface area (TPSA) is 159 Å². The van der Waals surface area contributed by atoms with Crippen LogP contribution in [0, 0.1) is 0 Å². The molecule has 1 saturated heterocycles. The van der Waals surface area contributed by atoms with Crippen molar-refractivity contribution in [2.45, 2.75) is 70.2 Å². The molecule has 1 aliphatic heterocycles. The van der Waals surface area contributed by atoms with Crippen LogP contribution in [-0.4, -0.2) is 81.5 Å². The third-order valence-electron chi connectivity index (χ3n) is 6.60. The van der Waals surface area contributed by atoms with Gasteiger partial charge in [-0.3, -0.25) is 14.4 Å². The molecule has 0 bridgehead atoms. The summed E-state index contributed by atoms with van der Waals surface area (Å²) in [7, 11) is 0. The second kappa shape index (κ2) is 13.9. The molecule has 2 aromatic rings. The van der Waals surface area contributed by atoms with Crippen molar-refractivity contribution in [2.24, 2.45) is 5.73 Å². The molecule has 0 saturated carbocycles. The maximum Gasteiger partial charge on any atom is 0.417 e. The molecular weight excluding hydrogens is 528 g/mol. The van der Waals surface area contributed by atoms with E-state index in [9.17, 15) is 29.1 Å². The molecule has 1 heterocycles. The number of hydrogen-bond donors (Lipinski definition) is 3. The SMILES string of the molecule is CC(C)(C)OC(=O)N(C(=O)C1CCCN1C(=O)CNC(=O)C(N)Cc1ccccc1)C(Cc1ccccc1)C(=O)O. The van der Waals surface area contributed by atoms with Crippen LogP contribution in [0.3, 0.4) is 0 Å². The number of nitrogens with two attached hydrogens (primary N) is 1. The van der Waals surface area contributed by atoms with Gasteiger partial charge in [0.25, 0.3) is 5.91 Å². The van der Waals surface area contributed by atoms with E-state index in [1.54, 1.807) is 51.1 Å². The number of carboxylic acid groups (broad SMARTS) is 1. The molecule has 2 aromatic carbocycles. The lowest BCUT2D eigenvalue weighted by molar-refractivity contribution is -0.153. The van der Waals surface area contributed by atoms with Gasteiger partial charge in [-0.25, -0.2) is 14.5 Å². The number of benzene rings is 2. The maximum atomic E-state index is 13.8. The fraction of sp³-hybridized carbons (Fsp3) is 0.433. The van der Waals surface area contributed by atoms with Crippen molar-refractivity contribution in [1.82, 2.24) is 15.1 Å². The molecule has 0 aromatic heterocycles. The average Bonchev–Trinajstić information content (AvgIpc) is 3.41. The number of carbonyl (C=O) groups is 5. The van der Waals surface area contributed by atoms with E-state index in [1.807, 2.05) is 30.3 Å². The highest BCUT2D eigenvalue weighted by molar-refractivity contribution is 6.01. The number of nitrogens with zero attached hydrogens (tertiary/aromatic N) is 2. The Morgan fingerprint density at radius 3 is 2.10 bits per heavy atom. The molecule has 1 aliphatic rings. The van der Waals surface area contributed by atoms with Crippen molar-refractivity contribution in [1.29, 1.82) is 0 Å². The van der Waals surface area contributed by atoms with E-state index in [-0.39, 0.29) is 25.8 Å². The molecular formula is C30H38N4O7. The van der Waals surface area contributed by atoms with Gasteiger partial charge in [0, 0.05) is 13.0 Å². The largest absolute Gasteiger partial charge is 0.480 e. The van der Waals surface area contributed by atoms with E-state index in [4.69, 9.17) is 10.5 Å². The Morgan fingerprint density at radius 1 is 1.00 bits per heavy atom. The quantitative estimate of drug-likeness (QED) is 0.394. The van der Waals surface area contributed by atoms with Crippen LogP contribution in [0.15, 0.2) is 60.7 Å². The molecule has 3 rings (SSSR count). The number of rotatable bonds is 10. The number of aliphatic carboxylic acids is 1. The molecule has 0 spiro atoms. The van der Waals surface area contributed by atoms with Gasteiger partial charge >= 0.3 is 12.1 Å². The van der Waals surface area contributed by atoms with Gasteiger partial charge < -0.3 is 25.8 Å². The van der Waals surface area contributed by atoms with Crippen LogP contribution < -0.4 is 11.1 Å². The molecule has 11 heteroatoms. The summed E-state index contributed by atoms with van der Waals surface area (Å²) in [6.45, 7) is 4.63. The molecule has 0 aliphatic carbocycles. The zero-order valence-corrected chi connectivity index (χ0v) is 23.6. The normalized spacial score (nSPS) is 16.4. The van der Waals surface area contributed by atoms with E-state index < -0.39 is 60.1 Å². The van der Waals surface area contributed by atoms with Gasteiger partial charge in [-0.15, -0.1) is 0 Å². The summed E-state index contributed by atoms with van der Waals surface area (Å²) in [5.41, 5.74) is 6.49. The molecule has 220 valence electrons. The summed E-state index contributed by atoms with van der Waals surface area (Å²) in [5, 5.41) is 12.6. The summed E-state index contributed by atoms with van der Waals surface area (Å²) >= 11 is 0. The summed E-state index contributed by atoms with van der Waals surface area (Å²) in [4.78, 5) is 67.0. The first-order valence-corrected chi connectivity index (χ1v) is 13.6. The van der Waals surface area contributed by atoms with Gasteiger partial charge in [-0.05, 0) is 51.2 Å². The van der Waals surface area contributed by atoms with Crippen molar-refractivity contribution < 1.29 is 33.8 Å². The highest BCUT2D eigenvalue weighted by atomic mass is 16.6. The highest BCUT2D eigenvalue weighted by Gasteiger charge is 2.44. The van der Waals surface area contributed by atoms with Gasteiger partial charge in [-0.2, -0.15) is 0 Å². The lowest BCUT2D eigenvalue weighted by Gasteiger charge is -2.34. The Labute approximate surface area is 239 Å². The van der Waals surface area contributed by atoms with Crippen molar-refractivity contribution in [3.63, 3.8) is 0 Å². The molecule has 3 atom stereocenters. The first kappa shape index (κ1) is 31.3. The molecule has 3 unspecified atom stereocenters. The zero-order chi connectivity index (χ0) is 30.2. The second-order valence-corrected chi connectivity index (χ2v) is 11.0. The molecule has 11 nitrogen and oxygen atoms in total. The number of carbonyl (C=O) groups excluding carboxylic acids is 4. The zero-order valence-electron chi connectivity index (χ0n) is 23.6. The predicted molar refractivity (Wildman–Crippen MR) is 151 cm³/mol. The Bertz CT molecular complexity index is 1230. The standard InChI is InChI=1S/C30H38N4O7/c1-30(2,3)41-29(40)34(24(28(38)39)18-21-13-8-5-9-14-21)27(37)23-15-10-16-33(23)25(35)19-32-26(36)22(31)17-20-11-6-4-7-12-20/h4-9,11-14,22-24H,10,15-19,31H2,1-3H3,(H,32,36)(H,38,39). The van der Waals surface area contributed by atoms with Crippen LogP contribution in [0.4, 0.5) is 4.79 Å². The van der Waals surface area contributed by atoms with Crippen molar-refractivity contribution in [3.8, 4) is 0 Å². The minimum Gasteiger partial charge on any atom is -0.480 e. The number of likely N-dealkylation sites (tertiary alicyclic amines) is 1. The summed E-state index contributed by atoms with van der Waals surface area (Å²) < 4.78 is 5.43. The Kier molecular flexibility index (Phi) is 10.6. The second-order valence-electron chi connectivity index (χ2n) is 11.0. The smallest absolute Gasteiger partial charge is 0.417 e. The van der Waals surface area contributed by atoms with E-state index in [0.717, 1.165) is 5.56 Å². The molecule has 4 N–H and O–H groups in total. The Hall–Kier alpha value is -4.25. The van der Waals surface area contributed by atoms with Crippen LogP contribution in [0.1, 0.15) is 44.7 Å². The lowest BCUT2D eigenvalue weighted by atomic mass is 10.0. The summed E-state index contributed by atoms with van der Waals surface area (Å²) in [6.07, 6.45) is -0.276. The van der Waals surface area contributed by atoms with Crippen molar-refractivity contribution in [3.05, 3.63) is 71.8 Å². The fourth-order valence-corrected chi connectivity index (χ4v) is 4.65. The van der Waals surface area contributed by atoms with Crippen LogP contribution in [0.5, 0.6) is 0 Å². The van der Waals surface area contributed by atoms with Gasteiger partial charge in [0.05, 0.1) is 12.6 Å².